The zero-order valence-electron chi connectivity index (χ0n) is 30.4. The molecule has 3 fully saturated rings. The van der Waals surface area contributed by atoms with Gasteiger partial charge in [0.1, 0.15) is 17.1 Å². The minimum Gasteiger partial charge on any atom is -0.346 e. The third-order valence-corrected chi connectivity index (χ3v) is 12.1. The Labute approximate surface area is 305 Å². The number of urea groups is 1. The number of aromatic nitrogens is 1. The molecule has 12 nitrogen and oxygen atoms in total. The first-order valence-electron chi connectivity index (χ1n) is 17.7. The number of Topliss-reactive ketones (excluding diaryl/α,β-unsaturated/α-hetero) is 1. The SMILES string of the molecule is C=CCNC(=O)C(=O)C(CCC(F)(F)F)NC(=O)[C@@H]1[C@@H]2[C@H](CN1C(=O)[C@@H](NC(=O)NC1(CS(=O)c3ccccn3)CCCCC1)C(C)(C)C)C2(C)C. The van der Waals surface area contributed by atoms with Crippen molar-refractivity contribution in [3.05, 3.63) is 37.1 Å². The zero-order chi connectivity index (χ0) is 38.6. The Morgan fingerprint density at radius 1 is 1.08 bits per heavy atom. The fourth-order valence-corrected chi connectivity index (χ4v) is 9.04. The van der Waals surface area contributed by atoms with Crippen molar-refractivity contribution in [2.45, 2.75) is 114 Å². The van der Waals surface area contributed by atoms with Gasteiger partial charge in [-0.15, -0.1) is 6.58 Å². The number of nitrogens with one attached hydrogen (secondary N) is 4. The van der Waals surface area contributed by atoms with Crippen LogP contribution in [0.2, 0.25) is 0 Å². The predicted octanol–water partition coefficient (Wildman–Crippen LogP) is 3.79. The van der Waals surface area contributed by atoms with Crippen molar-refractivity contribution in [1.82, 2.24) is 31.2 Å². The van der Waals surface area contributed by atoms with Crippen LogP contribution in [0.3, 0.4) is 0 Å². The van der Waals surface area contributed by atoms with Crippen LogP contribution < -0.4 is 21.3 Å². The minimum absolute atomic E-state index is 0.106. The van der Waals surface area contributed by atoms with Crippen LogP contribution in [-0.4, -0.2) is 92.3 Å². The Hall–Kier alpha value is -3.82. The second-order valence-corrected chi connectivity index (χ2v) is 17.3. The number of nitrogens with zero attached hydrogens (tertiary/aromatic N) is 2. The third-order valence-electron chi connectivity index (χ3n) is 10.6. The molecule has 16 heteroatoms. The van der Waals surface area contributed by atoms with Gasteiger partial charge in [-0.05, 0) is 54.1 Å². The molecule has 288 valence electrons. The van der Waals surface area contributed by atoms with Gasteiger partial charge in [-0.3, -0.25) is 23.4 Å². The maximum atomic E-state index is 14.4. The normalized spacial score (nSPS) is 23.6. The number of likely N-dealkylation sites (tertiary alicyclic amines) is 1. The monoisotopic (exact) mass is 752 g/mol. The summed E-state index contributed by atoms with van der Waals surface area (Å²) in [5.41, 5.74) is -2.05. The van der Waals surface area contributed by atoms with Crippen molar-refractivity contribution in [3.63, 3.8) is 0 Å². The molecule has 1 aromatic rings. The lowest BCUT2D eigenvalue weighted by atomic mass is 9.83. The van der Waals surface area contributed by atoms with Crippen LogP contribution in [-0.2, 0) is 30.0 Å². The molecule has 1 aromatic heterocycles. The van der Waals surface area contributed by atoms with Crippen LogP contribution in [0.25, 0.3) is 0 Å². The summed E-state index contributed by atoms with van der Waals surface area (Å²) < 4.78 is 53.0. The van der Waals surface area contributed by atoms with Gasteiger partial charge in [-0.1, -0.05) is 66.0 Å². The average Bonchev–Trinajstić information content (AvgIpc) is 3.37. The molecule has 2 aliphatic carbocycles. The first kappa shape index (κ1) is 40.9. The number of ketones is 1. The van der Waals surface area contributed by atoms with Gasteiger partial charge in [0, 0.05) is 25.7 Å². The molecule has 2 unspecified atom stereocenters. The Kier molecular flexibility index (Phi) is 12.6. The lowest BCUT2D eigenvalue weighted by Crippen LogP contribution is -2.63. The van der Waals surface area contributed by atoms with Crippen molar-refractivity contribution in [1.29, 1.82) is 0 Å². The molecule has 2 heterocycles. The molecule has 0 bridgehead atoms. The summed E-state index contributed by atoms with van der Waals surface area (Å²) in [5, 5.41) is 10.9. The van der Waals surface area contributed by atoms with E-state index in [0.29, 0.717) is 17.9 Å². The molecule has 2 saturated carbocycles. The highest BCUT2D eigenvalue weighted by Gasteiger charge is 2.70. The van der Waals surface area contributed by atoms with E-state index in [1.165, 1.54) is 11.0 Å². The molecule has 0 spiro atoms. The number of hydrogen-bond donors (Lipinski definition) is 4. The van der Waals surface area contributed by atoms with E-state index < -0.39 is 88.4 Å². The summed E-state index contributed by atoms with van der Waals surface area (Å²) in [7, 11) is -1.50. The highest BCUT2D eigenvalue weighted by Crippen LogP contribution is 2.65. The van der Waals surface area contributed by atoms with E-state index in [4.69, 9.17) is 0 Å². The molecule has 4 rings (SSSR count). The van der Waals surface area contributed by atoms with Gasteiger partial charge in [-0.25, -0.2) is 9.78 Å². The number of halogens is 3. The smallest absolute Gasteiger partial charge is 0.346 e. The molecule has 6 atom stereocenters. The maximum absolute atomic E-state index is 14.4. The van der Waals surface area contributed by atoms with E-state index in [1.807, 2.05) is 13.8 Å². The molecule has 5 amide bonds. The van der Waals surface area contributed by atoms with Crippen LogP contribution in [0.4, 0.5) is 18.0 Å². The number of carbonyl (C=O) groups is 5. The van der Waals surface area contributed by atoms with E-state index >= 15 is 0 Å². The van der Waals surface area contributed by atoms with Crippen molar-refractivity contribution < 1.29 is 41.4 Å². The largest absolute Gasteiger partial charge is 0.389 e. The van der Waals surface area contributed by atoms with E-state index in [1.54, 1.807) is 45.2 Å². The summed E-state index contributed by atoms with van der Waals surface area (Å²) in [5.74, 6) is -4.17. The molecular weight excluding hydrogens is 701 g/mol. The van der Waals surface area contributed by atoms with E-state index in [-0.39, 0.29) is 36.1 Å². The summed E-state index contributed by atoms with van der Waals surface area (Å²) in [6, 6.07) is 0.405. The van der Waals surface area contributed by atoms with Gasteiger partial charge in [0.05, 0.1) is 28.1 Å². The lowest BCUT2D eigenvalue weighted by Gasteiger charge is -2.40. The number of alkyl halides is 3. The molecular formula is C36H51F3N6O6S. The molecule has 1 saturated heterocycles. The Morgan fingerprint density at radius 2 is 1.75 bits per heavy atom. The van der Waals surface area contributed by atoms with Gasteiger partial charge in [0.2, 0.25) is 17.6 Å². The van der Waals surface area contributed by atoms with E-state index in [0.717, 1.165) is 19.3 Å². The van der Waals surface area contributed by atoms with Gasteiger partial charge < -0.3 is 26.2 Å². The molecule has 1 aliphatic heterocycles. The van der Waals surface area contributed by atoms with E-state index in [9.17, 15) is 41.4 Å². The lowest BCUT2D eigenvalue weighted by molar-refractivity contribution is -0.148. The molecule has 4 N–H and O–H groups in total. The quantitative estimate of drug-likeness (QED) is 0.166. The number of fused-ring (bicyclic) bond motifs is 1. The Bertz CT molecular complexity index is 1540. The first-order chi connectivity index (χ1) is 24.2. The minimum atomic E-state index is -4.66. The number of carbonyl (C=O) groups excluding carboxylic acids is 5. The maximum Gasteiger partial charge on any atom is 0.389 e. The fourth-order valence-electron chi connectivity index (χ4n) is 7.62. The zero-order valence-corrected chi connectivity index (χ0v) is 31.3. The summed E-state index contributed by atoms with van der Waals surface area (Å²) >= 11 is 0. The number of amides is 5. The van der Waals surface area contributed by atoms with Crippen molar-refractivity contribution in [3.8, 4) is 0 Å². The molecule has 3 aliphatic rings. The second-order valence-electron chi connectivity index (χ2n) is 15.9. The van der Waals surface area contributed by atoms with Gasteiger partial charge in [0.25, 0.3) is 5.91 Å². The van der Waals surface area contributed by atoms with Crippen LogP contribution in [0.15, 0.2) is 42.1 Å². The second kappa shape index (κ2) is 16.0. The topological polar surface area (TPSA) is 167 Å². The first-order valence-corrected chi connectivity index (χ1v) is 19.0. The molecule has 0 radical (unpaired) electrons. The van der Waals surface area contributed by atoms with Crippen molar-refractivity contribution >= 4 is 40.3 Å². The Balaban J connectivity index is 1.55. The fraction of sp³-hybridized carbons (Fsp3) is 0.667. The third kappa shape index (κ3) is 9.78. The molecule has 52 heavy (non-hydrogen) atoms. The van der Waals surface area contributed by atoms with Crippen LogP contribution >= 0.6 is 0 Å². The van der Waals surface area contributed by atoms with Gasteiger partial charge >= 0.3 is 12.2 Å². The van der Waals surface area contributed by atoms with Crippen LogP contribution in [0.5, 0.6) is 0 Å². The standard InChI is InChI=1S/C36H51F3N6O6S/c1-7-18-41-30(48)27(46)23(14-17-36(37,38)39)42-29(47)26-25-22(34(25,5)6)20-45(26)31(49)28(33(2,3)4)43-32(50)44-35(15-10-8-11-16-35)21-52(51)24-13-9-12-19-40-24/h7,9,12-13,19,22-23,25-26,28H,1,8,10-11,14-18,20-21H2,2-6H3,(H,41,48)(H,42,47)(H2,43,44,50)/t22-,23?,25-,26-,28+,52?/m0/s1. The highest BCUT2D eigenvalue weighted by atomic mass is 32.2. The molecule has 0 aromatic carbocycles. The Morgan fingerprint density at radius 3 is 2.33 bits per heavy atom. The predicted molar refractivity (Wildman–Crippen MR) is 188 cm³/mol. The van der Waals surface area contributed by atoms with Crippen molar-refractivity contribution in [2.75, 3.05) is 18.8 Å². The number of pyridine rings is 1. The average molecular weight is 753 g/mol. The summed E-state index contributed by atoms with van der Waals surface area (Å²) in [6.07, 6.45) is -0.347. The number of piperidine rings is 1. The van der Waals surface area contributed by atoms with Crippen LogP contribution in [0.1, 0.15) is 79.6 Å². The summed E-state index contributed by atoms with van der Waals surface area (Å²) in [4.78, 5) is 73.1. The van der Waals surface area contributed by atoms with Gasteiger partial charge in [0.15, 0.2) is 0 Å². The highest BCUT2D eigenvalue weighted by molar-refractivity contribution is 7.85. The number of rotatable bonds is 14. The van der Waals surface area contributed by atoms with Crippen molar-refractivity contribution in [2.24, 2.45) is 22.7 Å². The number of hydrogen-bond acceptors (Lipinski definition) is 7. The van der Waals surface area contributed by atoms with E-state index in [2.05, 4.69) is 32.8 Å². The van der Waals surface area contributed by atoms with Gasteiger partial charge in [-0.2, -0.15) is 13.2 Å². The van der Waals surface area contributed by atoms with Crippen LogP contribution in [0, 0.1) is 22.7 Å². The summed E-state index contributed by atoms with van der Waals surface area (Å²) in [6.45, 7) is 12.6.